The van der Waals surface area contributed by atoms with Gasteiger partial charge in [0.1, 0.15) is 5.54 Å². The predicted molar refractivity (Wildman–Crippen MR) is 80.2 cm³/mol. The number of carbonyl (C=O) groups is 1. The molecule has 21 heavy (non-hydrogen) atoms. The summed E-state index contributed by atoms with van der Waals surface area (Å²) >= 11 is 0. The largest absolute Gasteiger partial charge is 0.353 e. The van der Waals surface area contributed by atoms with Gasteiger partial charge in [0, 0.05) is 19.6 Å². The molecule has 2 rings (SSSR count). The monoisotopic (exact) mass is 311 g/mol. The van der Waals surface area contributed by atoms with E-state index in [1.165, 1.54) is 4.31 Å². The first kappa shape index (κ1) is 15.9. The van der Waals surface area contributed by atoms with E-state index in [0.717, 1.165) is 5.56 Å². The summed E-state index contributed by atoms with van der Waals surface area (Å²) < 4.78 is 26.8. The Bertz CT molecular complexity index is 623. The Hall–Kier alpha value is -1.44. The van der Waals surface area contributed by atoms with Crippen molar-refractivity contribution < 1.29 is 13.2 Å². The van der Waals surface area contributed by atoms with E-state index in [1.807, 2.05) is 7.05 Å². The number of nitrogens with one attached hydrogen (secondary N) is 2. The lowest BCUT2D eigenvalue weighted by atomic mass is 10.0. The molecule has 0 bridgehead atoms. The molecule has 1 amide bonds. The van der Waals surface area contributed by atoms with Crippen LogP contribution in [0, 0.1) is 0 Å². The van der Waals surface area contributed by atoms with Crippen LogP contribution in [0.25, 0.3) is 0 Å². The van der Waals surface area contributed by atoms with Crippen molar-refractivity contribution in [1.29, 1.82) is 0 Å². The first-order valence-electron chi connectivity index (χ1n) is 6.85. The number of piperazine rings is 1. The first-order chi connectivity index (χ1) is 9.80. The minimum Gasteiger partial charge on any atom is -0.353 e. The maximum absolute atomic E-state index is 12.7. The second-order valence-electron chi connectivity index (χ2n) is 5.57. The van der Waals surface area contributed by atoms with Gasteiger partial charge in [-0.2, -0.15) is 4.31 Å². The van der Waals surface area contributed by atoms with E-state index in [2.05, 4.69) is 10.6 Å². The summed E-state index contributed by atoms with van der Waals surface area (Å²) in [5.74, 6) is -0.274. The highest BCUT2D eigenvalue weighted by atomic mass is 32.2. The van der Waals surface area contributed by atoms with Crippen molar-refractivity contribution in [2.24, 2.45) is 0 Å². The highest BCUT2D eigenvalue weighted by Gasteiger charge is 2.44. The minimum absolute atomic E-state index is 0.213. The summed E-state index contributed by atoms with van der Waals surface area (Å²) in [5, 5.41) is 5.71. The van der Waals surface area contributed by atoms with Crippen LogP contribution >= 0.6 is 0 Å². The molecule has 0 radical (unpaired) electrons. The Labute approximate surface area is 125 Å². The Balaban J connectivity index is 2.34. The summed E-state index contributed by atoms with van der Waals surface area (Å²) in [5.41, 5.74) is -0.0760. The highest BCUT2D eigenvalue weighted by Crippen LogP contribution is 2.26. The number of amides is 1. The lowest BCUT2D eigenvalue weighted by Crippen LogP contribution is -2.63. The molecule has 0 aliphatic carbocycles. The molecular formula is C14H21N3O3S. The van der Waals surface area contributed by atoms with Crippen LogP contribution < -0.4 is 10.6 Å². The number of nitrogens with zero attached hydrogens (tertiary/aromatic N) is 1. The fourth-order valence-electron chi connectivity index (χ4n) is 2.41. The molecule has 2 N–H and O–H groups in total. The van der Waals surface area contributed by atoms with Crippen LogP contribution in [0.4, 0.5) is 0 Å². The maximum atomic E-state index is 12.7. The Morgan fingerprint density at radius 3 is 2.48 bits per heavy atom. The molecule has 1 aromatic carbocycles. The zero-order chi connectivity index (χ0) is 15.7. The fraction of sp³-hybridized carbons (Fsp3) is 0.500. The average Bonchev–Trinajstić information content (AvgIpc) is 2.42. The molecular weight excluding hydrogens is 290 g/mol. The zero-order valence-corrected chi connectivity index (χ0v) is 13.3. The van der Waals surface area contributed by atoms with Gasteiger partial charge >= 0.3 is 0 Å². The zero-order valence-electron chi connectivity index (χ0n) is 12.5. The van der Waals surface area contributed by atoms with Crippen LogP contribution in [-0.2, 0) is 21.4 Å². The number of sulfonamides is 1. The summed E-state index contributed by atoms with van der Waals surface area (Å²) in [6.45, 7) is 4.53. The van der Waals surface area contributed by atoms with E-state index >= 15 is 0 Å². The van der Waals surface area contributed by atoms with Crippen LogP contribution in [0.3, 0.4) is 0 Å². The van der Waals surface area contributed by atoms with Gasteiger partial charge in [0.05, 0.1) is 4.90 Å². The Morgan fingerprint density at radius 2 is 1.90 bits per heavy atom. The van der Waals surface area contributed by atoms with Gasteiger partial charge in [0.15, 0.2) is 0 Å². The quantitative estimate of drug-likeness (QED) is 0.838. The van der Waals surface area contributed by atoms with Gasteiger partial charge in [0.25, 0.3) is 0 Å². The fourth-order valence-corrected chi connectivity index (χ4v) is 4.16. The van der Waals surface area contributed by atoms with Crippen LogP contribution in [0.1, 0.15) is 19.4 Å². The molecule has 0 saturated carbocycles. The normalized spacial score (nSPS) is 19.3. The van der Waals surface area contributed by atoms with E-state index in [1.54, 1.807) is 38.1 Å². The summed E-state index contributed by atoms with van der Waals surface area (Å²) in [6.07, 6.45) is 0. The third-order valence-corrected chi connectivity index (χ3v) is 5.76. The molecule has 7 heteroatoms. The van der Waals surface area contributed by atoms with E-state index in [0.29, 0.717) is 13.1 Å². The molecule has 1 aliphatic rings. The van der Waals surface area contributed by atoms with Gasteiger partial charge in [-0.3, -0.25) is 4.79 Å². The predicted octanol–water partition coefficient (Wildman–Crippen LogP) is 0.305. The number of benzene rings is 1. The molecule has 1 fully saturated rings. The van der Waals surface area contributed by atoms with Crippen molar-refractivity contribution >= 4 is 15.9 Å². The SMILES string of the molecule is CNCc1ccc(S(=O)(=O)N2CCNC(=O)C2(C)C)cc1. The van der Waals surface area contributed by atoms with Gasteiger partial charge in [-0.05, 0) is 38.6 Å². The molecule has 1 heterocycles. The lowest BCUT2D eigenvalue weighted by molar-refractivity contribution is -0.131. The van der Waals surface area contributed by atoms with E-state index in [-0.39, 0.29) is 17.3 Å². The highest BCUT2D eigenvalue weighted by molar-refractivity contribution is 7.89. The molecule has 0 spiro atoms. The maximum Gasteiger partial charge on any atom is 0.244 e. The summed E-state index contributed by atoms with van der Waals surface area (Å²) in [6, 6.07) is 6.73. The number of hydrogen-bond acceptors (Lipinski definition) is 4. The van der Waals surface area contributed by atoms with Gasteiger partial charge in [0.2, 0.25) is 15.9 Å². The van der Waals surface area contributed by atoms with Crippen LogP contribution in [0.2, 0.25) is 0 Å². The topological polar surface area (TPSA) is 78.5 Å². The smallest absolute Gasteiger partial charge is 0.244 e. The van der Waals surface area contributed by atoms with Gasteiger partial charge in [-0.25, -0.2) is 8.42 Å². The van der Waals surface area contributed by atoms with Crippen LogP contribution in [0.15, 0.2) is 29.2 Å². The van der Waals surface area contributed by atoms with Crippen molar-refractivity contribution in [2.45, 2.75) is 30.8 Å². The van der Waals surface area contributed by atoms with Gasteiger partial charge in [-0.15, -0.1) is 0 Å². The third-order valence-electron chi connectivity index (χ3n) is 3.67. The van der Waals surface area contributed by atoms with Crippen LogP contribution in [0.5, 0.6) is 0 Å². The number of rotatable bonds is 4. The number of carbonyl (C=O) groups excluding carboxylic acids is 1. The molecule has 0 atom stereocenters. The molecule has 0 unspecified atom stereocenters. The second kappa shape index (κ2) is 5.75. The second-order valence-corrected chi connectivity index (χ2v) is 7.43. The van der Waals surface area contributed by atoms with E-state index < -0.39 is 15.6 Å². The summed E-state index contributed by atoms with van der Waals surface area (Å²) in [4.78, 5) is 12.1. The van der Waals surface area contributed by atoms with Gasteiger partial charge in [-0.1, -0.05) is 12.1 Å². The van der Waals surface area contributed by atoms with E-state index in [9.17, 15) is 13.2 Å². The molecule has 0 aromatic heterocycles. The van der Waals surface area contributed by atoms with E-state index in [4.69, 9.17) is 0 Å². The van der Waals surface area contributed by atoms with Crippen molar-refractivity contribution in [2.75, 3.05) is 20.1 Å². The van der Waals surface area contributed by atoms with Crippen molar-refractivity contribution in [3.63, 3.8) is 0 Å². The van der Waals surface area contributed by atoms with Gasteiger partial charge < -0.3 is 10.6 Å². The molecule has 116 valence electrons. The molecule has 6 nitrogen and oxygen atoms in total. The van der Waals surface area contributed by atoms with Crippen molar-refractivity contribution in [3.05, 3.63) is 29.8 Å². The van der Waals surface area contributed by atoms with Crippen molar-refractivity contribution in [1.82, 2.24) is 14.9 Å². The Morgan fingerprint density at radius 1 is 1.29 bits per heavy atom. The Kier molecular flexibility index (Phi) is 4.36. The first-order valence-corrected chi connectivity index (χ1v) is 8.29. The minimum atomic E-state index is -3.68. The van der Waals surface area contributed by atoms with Crippen molar-refractivity contribution in [3.8, 4) is 0 Å². The lowest BCUT2D eigenvalue weighted by Gasteiger charge is -2.39. The standard InChI is InChI=1S/C14H21N3O3S/c1-14(2)13(18)16-8-9-17(14)21(19,20)12-6-4-11(5-7-12)10-15-3/h4-7,15H,8-10H2,1-3H3,(H,16,18). The number of hydrogen-bond donors (Lipinski definition) is 2. The summed E-state index contributed by atoms with van der Waals surface area (Å²) in [7, 11) is -1.85. The molecule has 1 aliphatic heterocycles. The van der Waals surface area contributed by atoms with Crippen LogP contribution in [-0.4, -0.2) is 44.3 Å². The average molecular weight is 311 g/mol. The molecule has 1 saturated heterocycles. The third kappa shape index (κ3) is 2.95. The molecule has 1 aromatic rings.